The first-order chi connectivity index (χ1) is 17.5. The Balaban J connectivity index is 1.34. The quantitative estimate of drug-likeness (QED) is 0.391. The summed E-state index contributed by atoms with van der Waals surface area (Å²) < 4.78 is 5.86. The smallest absolute Gasteiger partial charge is 0.253 e. The van der Waals surface area contributed by atoms with Gasteiger partial charge in [0.2, 0.25) is 0 Å². The number of hydrogen-bond acceptors (Lipinski definition) is 8. The van der Waals surface area contributed by atoms with Crippen LogP contribution in [0, 0.1) is 0 Å². The number of pyridine rings is 4. The molecule has 0 aromatic carbocycles. The highest BCUT2D eigenvalue weighted by molar-refractivity contribution is 7.98. The Morgan fingerprint density at radius 3 is 2.67 bits per heavy atom. The minimum Gasteiger partial charge on any atom is -0.372 e. The van der Waals surface area contributed by atoms with E-state index < -0.39 is 0 Å². The van der Waals surface area contributed by atoms with Crippen molar-refractivity contribution in [2.45, 2.75) is 37.5 Å². The van der Waals surface area contributed by atoms with Crippen molar-refractivity contribution in [3.05, 3.63) is 72.3 Å². The van der Waals surface area contributed by atoms with E-state index >= 15 is 0 Å². The zero-order valence-corrected chi connectivity index (χ0v) is 21.3. The van der Waals surface area contributed by atoms with Crippen LogP contribution in [-0.4, -0.2) is 57.4 Å². The van der Waals surface area contributed by atoms with Crippen LogP contribution in [0.5, 0.6) is 0 Å². The van der Waals surface area contributed by atoms with Gasteiger partial charge in [0.1, 0.15) is 5.82 Å². The van der Waals surface area contributed by atoms with E-state index in [2.05, 4.69) is 34.0 Å². The molecular weight excluding hydrogens is 472 g/mol. The first kappa shape index (κ1) is 24.1. The molecule has 0 spiro atoms. The summed E-state index contributed by atoms with van der Waals surface area (Å²) >= 11 is 1.55. The Kier molecular flexibility index (Phi) is 7.11. The van der Waals surface area contributed by atoms with Crippen molar-refractivity contribution in [2.75, 3.05) is 24.2 Å². The van der Waals surface area contributed by atoms with Gasteiger partial charge in [0.25, 0.3) is 5.91 Å². The number of nitrogens with zero attached hydrogens (tertiary/aromatic N) is 5. The van der Waals surface area contributed by atoms with Crippen molar-refractivity contribution in [1.29, 1.82) is 0 Å². The van der Waals surface area contributed by atoms with Crippen LogP contribution in [0.25, 0.3) is 22.3 Å². The van der Waals surface area contributed by atoms with Crippen LogP contribution in [-0.2, 0) is 11.3 Å². The van der Waals surface area contributed by atoms with Gasteiger partial charge < -0.3 is 15.0 Å². The van der Waals surface area contributed by atoms with Gasteiger partial charge in [0, 0.05) is 42.0 Å². The molecule has 1 aliphatic heterocycles. The van der Waals surface area contributed by atoms with Gasteiger partial charge in [-0.1, -0.05) is 6.07 Å². The molecule has 0 bridgehead atoms. The zero-order chi connectivity index (χ0) is 25.1. The van der Waals surface area contributed by atoms with Gasteiger partial charge in [0.15, 0.2) is 0 Å². The summed E-state index contributed by atoms with van der Waals surface area (Å²) in [6, 6.07) is 13.7. The number of nitrogens with one attached hydrogen (secondary N) is 1. The maximum absolute atomic E-state index is 12.6. The van der Waals surface area contributed by atoms with E-state index in [9.17, 15) is 4.79 Å². The first-order valence-electron chi connectivity index (χ1n) is 11.9. The summed E-state index contributed by atoms with van der Waals surface area (Å²) in [5.74, 6) is 0.740. The molecule has 0 saturated carbocycles. The third-order valence-electron chi connectivity index (χ3n) is 6.01. The summed E-state index contributed by atoms with van der Waals surface area (Å²) in [7, 11) is 0. The molecule has 5 rings (SSSR count). The summed E-state index contributed by atoms with van der Waals surface area (Å²) in [5, 5.41) is 3.85. The number of thioether (sulfide) groups is 1. The number of ether oxygens (including phenoxy) is 1. The van der Waals surface area contributed by atoms with Crippen LogP contribution < -0.4 is 10.2 Å². The number of rotatable bonds is 6. The highest BCUT2D eigenvalue weighted by Crippen LogP contribution is 2.24. The lowest BCUT2D eigenvalue weighted by Gasteiger charge is -2.36. The molecule has 9 heteroatoms. The number of morpholine rings is 1. The summed E-state index contributed by atoms with van der Waals surface area (Å²) in [6.45, 7) is 6.09. The lowest BCUT2D eigenvalue weighted by molar-refractivity contribution is -0.00545. The molecule has 4 aromatic rings. The number of anilines is 1. The minimum atomic E-state index is -0.185. The molecule has 2 atom stereocenters. The second kappa shape index (κ2) is 10.6. The highest BCUT2D eigenvalue weighted by atomic mass is 32.2. The predicted molar refractivity (Wildman–Crippen MR) is 142 cm³/mol. The fourth-order valence-electron chi connectivity index (χ4n) is 4.33. The van der Waals surface area contributed by atoms with E-state index in [-0.39, 0.29) is 18.1 Å². The summed E-state index contributed by atoms with van der Waals surface area (Å²) in [4.78, 5) is 34.2. The molecule has 8 nitrogen and oxygen atoms in total. The van der Waals surface area contributed by atoms with Crippen LogP contribution >= 0.6 is 11.8 Å². The van der Waals surface area contributed by atoms with E-state index in [1.807, 2.05) is 48.7 Å². The van der Waals surface area contributed by atoms with Crippen molar-refractivity contribution < 1.29 is 9.53 Å². The molecule has 36 heavy (non-hydrogen) atoms. The molecule has 184 valence electrons. The fourth-order valence-corrected chi connectivity index (χ4v) is 4.74. The normalized spacial score (nSPS) is 17.8. The van der Waals surface area contributed by atoms with Crippen LogP contribution in [0.4, 0.5) is 5.82 Å². The van der Waals surface area contributed by atoms with Crippen LogP contribution in [0.2, 0.25) is 0 Å². The Labute approximate surface area is 214 Å². The predicted octanol–water partition coefficient (Wildman–Crippen LogP) is 4.35. The number of carbonyl (C=O) groups is 1. The van der Waals surface area contributed by atoms with Crippen LogP contribution in [0.3, 0.4) is 0 Å². The average Bonchev–Trinajstić information content (AvgIpc) is 2.90. The van der Waals surface area contributed by atoms with Crippen LogP contribution in [0.15, 0.2) is 66.0 Å². The molecule has 0 radical (unpaired) electrons. The Hall–Kier alpha value is -3.56. The standard InChI is InChI=1S/C27H28N6O2S/c1-17-15-33(16-18(2)35-17)26-6-4-5-23(32-26)24-8-7-19-12-29-21(10-25(19)31-24)13-30-27(34)20-9-22(36-3)14-28-11-20/h4-12,14,17-18H,13,15-16H2,1-3H3,(H,30,34)/t17-,18+. The monoisotopic (exact) mass is 500 g/mol. The lowest BCUT2D eigenvalue weighted by Crippen LogP contribution is -2.45. The SMILES string of the molecule is CSc1cncc(C(=O)NCc2cc3nc(-c4cccc(N5C[C@@H](C)O[C@@H](C)C5)n4)ccc3cn2)c1. The Morgan fingerprint density at radius 1 is 1.06 bits per heavy atom. The molecule has 5 heterocycles. The molecule has 0 aliphatic carbocycles. The van der Waals surface area contributed by atoms with Gasteiger partial charge in [-0.25, -0.2) is 9.97 Å². The highest BCUT2D eigenvalue weighted by Gasteiger charge is 2.23. The molecule has 4 aromatic heterocycles. The fraction of sp³-hybridized carbons (Fsp3) is 0.296. The number of amides is 1. The Bertz CT molecular complexity index is 1390. The molecule has 1 fully saturated rings. The van der Waals surface area contributed by atoms with Gasteiger partial charge in [-0.3, -0.25) is 14.8 Å². The van der Waals surface area contributed by atoms with Gasteiger partial charge >= 0.3 is 0 Å². The van der Waals surface area contributed by atoms with Gasteiger partial charge in [-0.15, -0.1) is 11.8 Å². The third-order valence-corrected chi connectivity index (χ3v) is 6.71. The van der Waals surface area contributed by atoms with E-state index in [0.29, 0.717) is 12.1 Å². The molecule has 0 unspecified atom stereocenters. The van der Waals surface area contributed by atoms with Crippen molar-refractivity contribution in [2.24, 2.45) is 0 Å². The van der Waals surface area contributed by atoms with E-state index in [1.54, 1.807) is 30.4 Å². The number of carbonyl (C=O) groups excluding carboxylic acids is 1. The summed E-state index contributed by atoms with van der Waals surface area (Å²) in [6.07, 6.45) is 7.36. The van der Waals surface area contributed by atoms with E-state index in [1.165, 1.54) is 0 Å². The maximum Gasteiger partial charge on any atom is 0.253 e. The topological polar surface area (TPSA) is 93.1 Å². The first-order valence-corrected chi connectivity index (χ1v) is 13.1. The second-order valence-corrected chi connectivity index (χ2v) is 9.78. The van der Waals surface area contributed by atoms with Crippen molar-refractivity contribution in [3.8, 4) is 11.4 Å². The lowest BCUT2D eigenvalue weighted by atomic mass is 10.1. The van der Waals surface area contributed by atoms with Gasteiger partial charge in [-0.05, 0) is 56.5 Å². The molecular formula is C27H28N6O2S. The van der Waals surface area contributed by atoms with Gasteiger partial charge in [0.05, 0.1) is 46.9 Å². The second-order valence-electron chi connectivity index (χ2n) is 8.90. The van der Waals surface area contributed by atoms with Crippen molar-refractivity contribution >= 4 is 34.4 Å². The zero-order valence-electron chi connectivity index (χ0n) is 20.5. The number of fused-ring (bicyclic) bond motifs is 1. The van der Waals surface area contributed by atoms with Crippen LogP contribution in [0.1, 0.15) is 29.9 Å². The Morgan fingerprint density at radius 2 is 1.86 bits per heavy atom. The van der Waals surface area contributed by atoms with E-state index in [0.717, 1.165) is 51.8 Å². The minimum absolute atomic E-state index is 0.162. The third kappa shape index (κ3) is 5.47. The van der Waals surface area contributed by atoms with Crippen molar-refractivity contribution in [3.63, 3.8) is 0 Å². The van der Waals surface area contributed by atoms with Gasteiger partial charge in [-0.2, -0.15) is 0 Å². The molecule has 1 N–H and O–H groups in total. The van der Waals surface area contributed by atoms with Crippen molar-refractivity contribution in [1.82, 2.24) is 25.3 Å². The van der Waals surface area contributed by atoms with E-state index in [4.69, 9.17) is 14.7 Å². The molecule has 1 aliphatic rings. The molecule has 1 amide bonds. The summed E-state index contributed by atoms with van der Waals surface area (Å²) in [5.41, 5.74) is 3.66. The number of aromatic nitrogens is 4. The average molecular weight is 501 g/mol. The maximum atomic E-state index is 12.6. The number of hydrogen-bond donors (Lipinski definition) is 1. The largest absolute Gasteiger partial charge is 0.372 e. The molecule has 1 saturated heterocycles.